The van der Waals surface area contributed by atoms with Gasteiger partial charge in [0.05, 0.1) is 0 Å². The molecular formula is C10H12N2O. The molecule has 0 fully saturated rings. The number of hydrogen-bond donors (Lipinski definition) is 1. The van der Waals surface area contributed by atoms with Crippen LogP contribution in [0.2, 0.25) is 0 Å². The van der Waals surface area contributed by atoms with E-state index in [4.69, 9.17) is 0 Å². The molecular weight excluding hydrogens is 164 g/mol. The molecule has 3 heteroatoms. The summed E-state index contributed by atoms with van der Waals surface area (Å²) in [6.45, 7) is 1.49. The van der Waals surface area contributed by atoms with Crippen LogP contribution in [0.5, 0.6) is 0 Å². The van der Waals surface area contributed by atoms with E-state index in [2.05, 4.69) is 10.3 Å². The Balaban J connectivity index is 2.75. The van der Waals surface area contributed by atoms with E-state index in [1.807, 2.05) is 24.3 Å². The molecule has 0 aliphatic rings. The zero-order valence-corrected chi connectivity index (χ0v) is 7.74. The van der Waals surface area contributed by atoms with Gasteiger partial charge in [0.2, 0.25) is 5.91 Å². The highest BCUT2D eigenvalue weighted by Crippen LogP contribution is 2.07. The fraction of sp³-hybridized carbons (Fsp3) is 0.200. The van der Waals surface area contributed by atoms with Crippen LogP contribution in [0.3, 0.4) is 0 Å². The molecule has 13 heavy (non-hydrogen) atoms. The summed E-state index contributed by atoms with van der Waals surface area (Å²) >= 11 is 0. The van der Waals surface area contributed by atoms with Crippen molar-refractivity contribution in [3.8, 4) is 0 Å². The first-order chi connectivity index (χ1) is 6.22. The van der Waals surface area contributed by atoms with E-state index in [1.54, 1.807) is 13.3 Å². The van der Waals surface area contributed by atoms with Gasteiger partial charge < -0.3 is 5.32 Å². The molecule has 1 aromatic rings. The number of benzene rings is 1. The van der Waals surface area contributed by atoms with Crippen LogP contribution in [0.1, 0.15) is 12.5 Å². The third-order valence-corrected chi connectivity index (χ3v) is 1.51. The van der Waals surface area contributed by atoms with E-state index in [0.29, 0.717) is 0 Å². The zero-order chi connectivity index (χ0) is 9.68. The number of nitrogens with one attached hydrogen (secondary N) is 1. The minimum atomic E-state index is -0.0584. The molecule has 0 aliphatic carbocycles. The van der Waals surface area contributed by atoms with Crippen LogP contribution in [-0.2, 0) is 4.79 Å². The summed E-state index contributed by atoms with van der Waals surface area (Å²) in [6, 6.07) is 7.49. The van der Waals surface area contributed by atoms with Crippen LogP contribution in [0.25, 0.3) is 0 Å². The van der Waals surface area contributed by atoms with Crippen LogP contribution in [0.4, 0.5) is 5.69 Å². The molecule has 0 aromatic heterocycles. The maximum Gasteiger partial charge on any atom is 0.221 e. The predicted octanol–water partition coefficient (Wildman–Crippen LogP) is 1.69. The van der Waals surface area contributed by atoms with Crippen LogP contribution in [0, 0.1) is 0 Å². The van der Waals surface area contributed by atoms with Crippen LogP contribution in [0.15, 0.2) is 29.3 Å². The van der Waals surface area contributed by atoms with Gasteiger partial charge in [-0.2, -0.15) is 0 Å². The Labute approximate surface area is 77.5 Å². The molecule has 0 saturated heterocycles. The Morgan fingerprint density at radius 3 is 2.46 bits per heavy atom. The molecule has 1 aromatic carbocycles. The van der Waals surface area contributed by atoms with Crippen molar-refractivity contribution in [2.24, 2.45) is 4.99 Å². The largest absolute Gasteiger partial charge is 0.326 e. The third-order valence-electron chi connectivity index (χ3n) is 1.51. The van der Waals surface area contributed by atoms with E-state index >= 15 is 0 Å². The molecule has 68 valence electrons. The first-order valence-corrected chi connectivity index (χ1v) is 4.02. The highest BCUT2D eigenvalue weighted by atomic mass is 16.1. The quantitative estimate of drug-likeness (QED) is 0.684. The van der Waals surface area contributed by atoms with Crippen LogP contribution >= 0.6 is 0 Å². The molecule has 0 heterocycles. The van der Waals surface area contributed by atoms with Crippen molar-refractivity contribution in [1.29, 1.82) is 0 Å². The van der Waals surface area contributed by atoms with E-state index in [-0.39, 0.29) is 5.91 Å². The minimum absolute atomic E-state index is 0.0584. The second-order valence-electron chi connectivity index (χ2n) is 2.69. The normalized spacial score (nSPS) is 10.3. The smallest absolute Gasteiger partial charge is 0.221 e. The van der Waals surface area contributed by atoms with E-state index in [0.717, 1.165) is 11.3 Å². The lowest BCUT2D eigenvalue weighted by Crippen LogP contribution is -2.05. The Morgan fingerprint density at radius 2 is 2.00 bits per heavy atom. The second kappa shape index (κ2) is 4.40. The first-order valence-electron chi connectivity index (χ1n) is 4.02. The van der Waals surface area contributed by atoms with Gasteiger partial charge in [0, 0.05) is 25.9 Å². The molecule has 1 amide bonds. The fourth-order valence-corrected chi connectivity index (χ4v) is 1.00. The van der Waals surface area contributed by atoms with Crippen molar-refractivity contribution in [3.63, 3.8) is 0 Å². The van der Waals surface area contributed by atoms with Gasteiger partial charge in [-0.15, -0.1) is 0 Å². The van der Waals surface area contributed by atoms with Gasteiger partial charge in [0.15, 0.2) is 0 Å². The van der Waals surface area contributed by atoms with Gasteiger partial charge in [-0.25, -0.2) is 0 Å². The number of aliphatic imine (C=N–C) groups is 1. The summed E-state index contributed by atoms with van der Waals surface area (Å²) in [5, 5.41) is 2.69. The van der Waals surface area contributed by atoms with Gasteiger partial charge >= 0.3 is 0 Å². The summed E-state index contributed by atoms with van der Waals surface area (Å²) in [7, 11) is 1.72. The van der Waals surface area contributed by atoms with Crippen molar-refractivity contribution >= 4 is 17.8 Å². The lowest BCUT2D eigenvalue weighted by atomic mass is 10.2. The second-order valence-corrected chi connectivity index (χ2v) is 2.69. The average Bonchev–Trinajstić information content (AvgIpc) is 2.08. The standard InChI is InChI=1S/C10H12N2O/c1-8(13)12-10-5-3-9(4-6-10)7-11-2/h3-7H,1-2H3,(H,12,13)/b11-7-. The number of amides is 1. The number of nitrogens with zero attached hydrogens (tertiary/aromatic N) is 1. The third kappa shape index (κ3) is 3.07. The lowest BCUT2D eigenvalue weighted by Gasteiger charge is -2.00. The van der Waals surface area contributed by atoms with E-state index < -0.39 is 0 Å². The Hall–Kier alpha value is -1.64. The number of rotatable bonds is 2. The number of carbonyl (C=O) groups excluding carboxylic acids is 1. The van der Waals surface area contributed by atoms with Gasteiger partial charge in [0.1, 0.15) is 0 Å². The van der Waals surface area contributed by atoms with Crippen molar-refractivity contribution < 1.29 is 4.79 Å². The molecule has 0 radical (unpaired) electrons. The van der Waals surface area contributed by atoms with E-state index in [9.17, 15) is 4.79 Å². The summed E-state index contributed by atoms with van der Waals surface area (Å²) < 4.78 is 0. The minimum Gasteiger partial charge on any atom is -0.326 e. The highest BCUT2D eigenvalue weighted by Gasteiger charge is 1.93. The van der Waals surface area contributed by atoms with Gasteiger partial charge in [-0.05, 0) is 17.7 Å². The monoisotopic (exact) mass is 176 g/mol. The van der Waals surface area contributed by atoms with Crippen molar-refractivity contribution in [1.82, 2.24) is 0 Å². The molecule has 1 rings (SSSR count). The topological polar surface area (TPSA) is 41.5 Å². The van der Waals surface area contributed by atoms with Crippen molar-refractivity contribution in [2.45, 2.75) is 6.92 Å². The van der Waals surface area contributed by atoms with Crippen molar-refractivity contribution in [2.75, 3.05) is 12.4 Å². The van der Waals surface area contributed by atoms with Gasteiger partial charge in [-0.3, -0.25) is 9.79 Å². The Morgan fingerprint density at radius 1 is 1.38 bits per heavy atom. The highest BCUT2D eigenvalue weighted by molar-refractivity contribution is 5.89. The lowest BCUT2D eigenvalue weighted by molar-refractivity contribution is -0.114. The molecule has 0 unspecified atom stereocenters. The summed E-state index contributed by atoms with van der Waals surface area (Å²) in [4.78, 5) is 14.6. The first kappa shape index (κ1) is 9.45. The van der Waals surface area contributed by atoms with Crippen LogP contribution in [-0.4, -0.2) is 19.2 Å². The average molecular weight is 176 g/mol. The maximum absolute atomic E-state index is 10.7. The number of hydrogen-bond acceptors (Lipinski definition) is 2. The molecule has 1 N–H and O–H groups in total. The predicted molar refractivity (Wildman–Crippen MR) is 54.3 cm³/mol. The molecule has 0 atom stereocenters. The van der Waals surface area contributed by atoms with Crippen LogP contribution < -0.4 is 5.32 Å². The van der Waals surface area contributed by atoms with Crippen molar-refractivity contribution in [3.05, 3.63) is 29.8 Å². The maximum atomic E-state index is 10.7. The Bertz CT molecular complexity index is 314. The molecule has 0 bridgehead atoms. The molecule has 0 saturated carbocycles. The molecule has 0 spiro atoms. The summed E-state index contributed by atoms with van der Waals surface area (Å²) in [6.07, 6.45) is 1.76. The molecule has 0 aliphatic heterocycles. The molecule has 3 nitrogen and oxygen atoms in total. The number of carbonyl (C=O) groups is 1. The van der Waals surface area contributed by atoms with E-state index in [1.165, 1.54) is 6.92 Å². The summed E-state index contributed by atoms with van der Waals surface area (Å²) in [5.74, 6) is -0.0584. The van der Waals surface area contributed by atoms with Gasteiger partial charge in [0.25, 0.3) is 0 Å². The zero-order valence-electron chi connectivity index (χ0n) is 7.74. The summed E-state index contributed by atoms with van der Waals surface area (Å²) in [5.41, 5.74) is 1.83. The van der Waals surface area contributed by atoms with Gasteiger partial charge in [-0.1, -0.05) is 12.1 Å². The number of anilines is 1. The fourth-order valence-electron chi connectivity index (χ4n) is 1.00. The Kier molecular flexibility index (Phi) is 3.20. The SMILES string of the molecule is C/N=C\c1ccc(NC(C)=O)cc1.